The predicted molar refractivity (Wildman–Crippen MR) is 122 cm³/mol. The Morgan fingerprint density at radius 1 is 0.839 bits per heavy atom. The van der Waals surface area contributed by atoms with Gasteiger partial charge in [0, 0.05) is 23.4 Å². The molecule has 0 saturated carbocycles. The van der Waals surface area contributed by atoms with Crippen LogP contribution in [0.1, 0.15) is 31.8 Å². The molecule has 3 rings (SSSR count). The number of nitrogens with one attached hydrogen (secondary N) is 2. The third-order valence-electron chi connectivity index (χ3n) is 4.47. The number of sulfonamides is 1. The highest BCUT2D eigenvalue weighted by molar-refractivity contribution is 7.88. The van der Waals surface area contributed by atoms with Gasteiger partial charge in [-0.2, -0.15) is 0 Å². The van der Waals surface area contributed by atoms with E-state index in [0.29, 0.717) is 22.4 Å². The van der Waals surface area contributed by atoms with Crippen molar-refractivity contribution in [2.75, 3.05) is 11.9 Å². The molecule has 0 spiro atoms. The first-order chi connectivity index (χ1) is 14.9. The van der Waals surface area contributed by atoms with Crippen LogP contribution in [0.4, 0.5) is 5.69 Å². The van der Waals surface area contributed by atoms with Crippen molar-refractivity contribution in [2.45, 2.75) is 5.75 Å². The zero-order chi connectivity index (χ0) is 22.3. The van der Waals surface area contributed by atoms with Gasteiger partial charge in [-0.1, -0.05) is 66.7 Å². The quantitative estimate of drug-likeness (QED) is 0.396. The van der Waals surface area contributed by atoms with E-state index in [1.165, 1.54) is 6.08 Å². The maximum absolute atomic E-state index is 12.8. The minimum absolute atomic E-state index is 0.164. The smallest absolute Gasteiger partial charge is 0.256 e. The van der Waals surface area contributed by atoms with E-state index in [1.807, 2.05) is 6.07 Å². The highest BCUT2D eigenvalue weighted by Gasteiger charge is 2.18. The van der Waals surface area contributed by atoms with Gasteiger partial charge < -0.3 is 5.32 Å². The lowest BCUT2D eigenvalue weighted by molar-refractivity contribution is 0.0996. The minimum Gasteiger partial charge on any atom is -0.322 e. The molecule has 31 heavy (non-hydrogen) atoms. The molecule has 1 amide bonds. The van der Waals surface area contributed by atoms with Gasteiger partial charge in [0.05, 0.1) is 11.3 Å². The zero-order valence-corrected chi connectivity index (χ0v) is 17.6. The first-order valence-electron chi connectivity index (χ1n) is 9.57. The van der Waals surface area contributed by atoms with Crippen LogP contribution in [-0.2, 0) is 15.8 Å². The Balaban J connectivity index is 1.74. The molecule has 0 saturated heterocycles. The number of hydrogen-bond donors (Lipinski definition) is 2. The van der Waals surface area contributed by atoms with Crippen molar-refractivity contribution in [1.82, 2.24) is 4.72 Å². The Morgan fingerprint density at radius 2 is 1.45 bits per heavy atom. The maximum atomic E-state index is 12.8. The van der Waals surface area contributed by atoms with Gasteiger partial charge in [0.1, 0.15) is 0 Å². The largest absolute Gasteiger partial charge is 0.322 e. The highest BCUT2D eigenvalue weighted by atomic mass is 32.2. The molecule has 0 aromatic heterocycles. The van der Waals surface area contributed by atoms with E-state index >= 15 is 0 Å². The van der Waals surface area contributed by atoms with E-state index in [4.69, 9.17) is 0 Å². The van der Waals surface area contributed by atoms with E-state index in [9.17, 15) is 18.0 Å². The number of ketones is 1. The molecule has 0 atom stereocenters. The molecule has 3 aromatic rings. The molecule has 0 aliphatic heterocycles. The SMILES string of the molecule is C=CCNS(=O)(=O)Cc1ccc(NC(=O)c2ccccc2C(=O)c2ccccc2)cc1. The molecule has 0 bridgehead atoms. The van der Waals surface area contributed by atoms with Crippen LogP contribution in [0.25, 0.3) is 0 Å². The Bertz CT molecular complexity index is 1190. The van der Waals surface area contributed by atoms with Gasteiger partial charge in [0.25, 0.3) is 5.91 Å². The summed E-state index contributed by atoms with van der Waals surface area (Å²) < 4.78 is 26.3. The monoisotopic (exact) mass is 434 g/mol. The van der Waals surface area contributed by atoms with Gasteiger partial charge in [0.15, 0.2) is 5.78 Å². The molecule has 2 N–H and O–H groups in total. The van der Waals surface area contributed by atoms with E-state index in [1.54, 1.807) is 72.8 Å². The van der Waals surface area contributed by atoms with Gasteiger partial charge in [-0.15, -0.1) is 6.58 Å². The lowest BCUT2D eigenvalue weighted by Crippen LogP contribution is -2.25. The van der Waals surface area contributed by atoms with Crippen molar-refractivity contribution in [1.29, 1.82) is 0 Å². The molecule has 3 aromatic carbocycles. The molecule has 0 aliphatic rings. The summed E-state index contributed by atoms with van der Waals surface area (Å²) in [5, 5.41) is 2.76. The predicted octanol–water partition coefficient (Wildman–Crippen LogP) is 3.78. The normalized spacial score (nSPS) is 11.0. The molecule has 0 radical (unpaired) electrons. The first-order valence-corrected chi connectivity index (χ1v) is 11.2. The number of carbonyl (C=O) groups excluding carboxylic acids is 2. The van der Waals surface area contributed by atoms with Crippen LogP contribution < -0.4 is 10.0 Å². The summed E-state index contributed by atoms with van der Waals surface area (Å²) in [7, 11) is -3.46. The maximum Gasteiger partial charge on any atom is 0.256 e. The van der Waals surface area contributed by atoms with Gasteiger partial charge in [0.2, 0.25) is 10.0 Å². The molecule has 7 heteroatoms. The second kappa shape index (κ2) is 9.97. The number of carbonyl (C=O) groups is 2. The van der Waals surface area contributed by atoms with Crippen LogP contribution in [0.2, 0.25) is 0 Å². The number of rotatable bonds is 9. The van der Waals surface area contributed by atoms with E-state index < -0.39 is 15.9 Å². The van der Waals surface area contributed by atoms with Gasteiger partial charge in [-0.3, -0.25) is 9.59 Å². The van der Waals surface area contributed by atoms with E-state index in [2.05, 4.69) is 16.6 Å². The molecule has 6 nitrogen and oxygen atoms in total. The van der Waals surface area contributed by atoms with Crippen molar-refractivity contribution >= 4 is 27.4 Å². The van der Waals surface area contributed by atoms with Crippen LogP contribution in [0.15, 0.2) is 91.5 Å². The van der Waals surface area contributed by atoms with Gasteiger partial charge in [-0.25, -0.2) is 13.1 Å². The third kappa shape index (κ3) is 5.97. The summed E-state index contributed by atoms with van der Waals surface area (Å²) >= 11 is 0. The first kappa shape index (κ1) is 22.1. The number of anilines is 1. The summed E-state index contributed by atoms with van der Waals surface area (Å²) in [5.41, 5.74) is 2.14. The molecule has 0 heterocycles. The summed E-state index contributed by atoms with van der Waals surface area (Å²) in [6.45, 7) is 3.65. The topological polar surface area (TPSA) is 92.3 Å². The molecular weight excluding hydrogens is 412 g/mol. The van der Waals surface area contributed by atoms with Crippen LogP contribution in [0, 0.1) is 0 Å². The summed E-state index contributed by atoms with van der Waals surface area (Å²) in [5.74, 6) is -0.837. The zero-order valence-electron chi connectivity index (χ0n) is 16.7. The summed E-state index contributed by atoms with van der Waals surface area (Å²) in [4.78, 5) is 25.7. The third-order valence-corrected chi connectivity index (χ3v) is 5.79. The fourth-order valence-electron chi connectivity index (χ4n) is 2.96. The Morgan fingerprint density at radius 3 is 2.10 bits per heavy atom. The molecule has 0 unspecified atom stereocenters. The highest BCUT2D eigenvalue weighted by Crippen LogP contribution is 2.18. The summed E-state index contributed by atoms with van der Waals surface area (Å²) in [6, 6.07) is 21.9. The molecule has 0 fully saturated rings. The molecule has 0 aliphatic carbocycles. The molecular formula is C24H22N2O4S. The van der Waals surface area contributed by atoms with Crippen LogP contribution >= 0.6 is 0 Å². The van der Waals surface area contributed by atoms with Crippen molar-refractivity contribution < 1.29 is 18.0 Å². The lowest BCUT2D eigenvalue weighted by Gasteiger charge is -2.10. The number of amides is 1. The summed E-state index contributed by atoms with van der Waals surface area (Å²) in [6.07, 6.45) is 1.47. The number of benzene rings is 3. The minimum atomic E-state index is -3.46. The Hall–Kier alpha value is -3.55. The standard InChI is InChI=1S/C24H22N2O4S/c1-2-16-25-31(29,30)17-18-12-14-20(15-13-18)26-24(28)22-11-7-6-10-21(22)23(27)19-8-4-3-5-9-19/h2-15,25H,1,16-17H2,(H,26,28). The van der Waals surface area contributed by atoms with Crippen molar-refractivity contribution in [3.63, 3.8) is 0 Å². The van der Waals surface area contributed by atoms with Crippen LogP contribution in [0.3, 0.4) is 0 Å². The molecule has 158 valence electrons. The van der Waals surface area contributed by atoms with Crippen molar-refractivity contribution in [3.05, 3.63) is 114 Å². The fraction of sp³-hybridized carbons (Fsp3) is 0.0833. The average molecular weight is 435 g/mol. The van der Waals surface area contributed by atoms with Gasteiger partial charge in [-0.05, 0) is 23.8 Å². The van der Waals surface area contributed by atoms with Crippen molar-refractivity contribution in [2.24, 2.45) is 0 Å². The van der Waals surface area contributed by atoms with Crippen LogP contribution in [-0.4, -0.2) is 26.7 Å². The van der Waals surface area contributed by atoms with Gasteiger partial charge >= 0.3 is 0 Å². The fourth-order valence-corrected chi connectivity index (χ4v) is 4.07. The van der Waals surface area contributed by atoms with Crippen molar-refractivity contribution in [3.8, 4) is 0 Å². The average Bonchev–Trinajstić information content (AvgIpc) is 2.79. The lowest BCUT2D eigenvalue weighted by atomic mass is 9.98. The second-order valence-corrected chi connectivity index (χ2v) is 8.59. The van der Waals surface area contributed by atoms with E-state index in [0.717, 1.165) is 0 Å². The second-order valence-electron chi connectivity index (χ2n) is 6.79. The Kier molecular flexibility index (Phi) is 7.12. The van der Waals surface area contributed by atoms with E-state index in [-0.39, 0.29) is 23.6 Å². The van der Waals surface area contributed by atoms with Crippen LogP contribution in [0.5, 0.6) is 0 Å². The Labute approximate surface area is 181 Å². The number of hydrogen-bond acceptors (Lipinski definition) is 4.